The molecular weight excluding hydrogens is 430 g/mol. The molecule has 1 fully saturated rings. The van der Waals surface area contributed by atoms with E-state index >= 15 is 0 Å². The van der Waals surface area contributed by atoms with Crippen LogP contribution in [-0.2, 0) is 10.7 Å². The molecule has 1 saturated heterocycles. The molecule has 0 spiro atoms. The lowest BCUT2D eigenvalue weighted by Crippen LogP contribution is -2.37. The minimum atomic E-state index is -3.18. The van der Waals surface area contributed by atoms with Gasteiger partial charge in [0.2, 0.25) is 11.7 Å². The number of amides is 1. The Labute approximate surface area is 190 Å². The van der Waals surface area contributed by atoms with Gasteiger partial charge < -0.3 is 10.2 Å². The molecule has 11 heteroatoms. The monoisotopic (exact) mass is 458 g/mol. The van der Waals surface area contributed by atoms with E-state index in [9.17, 15) is 13.6 Å². The summed E-state index contributed by atoms with van der Waals surface area (Å²) in [6.07, 6.45) is 3.96. The number of aromatic nitrogens is 5. The highest BCUT2D eigenvalue weighted by Gasteiger charge is 2.31. The van der Waals surface area contributed by atoms with Crippen molar-refractivity contribution in [2.45, 2.75) is 46.1 Å². The van der Waals surface area contributed by atoms with Gasteiger partial charge in [0.1, 0.15) is 5.82 Å². The van der Waals surface area contributed by atoms with E-state index in [2.05, 4.69) is 43.9 Å². The standard InChI is InChI=1S/C22H28F2N8O/c1-5-30(6-2)15-8-10-31(13-15)20-16-12-26-18(27-14(3)33)11-17(16)32(29-20)19-7-9-25-21(28-19)22(4,23)24/h7,9,11-12,15H,5-6,8,10,13H2,1-4H3,(H,26,27,33). The highest BCUT2D eigenvalue weighted by Crippen LogP contribution is 2.32. The summed E-state index contributed by atoms with van der Waals surface area (Å²) in [6.45, 7) is 10.0. The zero-order valence-electron chi connectivity index (χ0n) is 19.2. The van der Waals surface area contributed by atoms with Crippen LogP contribution in [-0.4, -0.2) is 67.8 Å². The van der Waals surface area contributed by atoms with Crippen LogP contribution in [0.4, 0.5) is 20.4 Å². The minimum Gasteiger partial charge on any atom is -0.353 e. The zero-order chi connectivity index (χ0) is 23.8. The number of carbonyl (C=O) groups is 1. The Kier molecular flexibility index (Phi) is 6.24. The van der Waals surface area contributed by atoms with Gasteiger partial charge in [-0.3, -0.25) is 9.69 Å². The predicted octanol–water partition coefficient (Wildman–Crippen LogP) is 3.20. The topological polar surface area (TPSA) is 92.1 Å². The van der Waals surface area contributed by atoms with Gasteiger partial charge in [0.25, 0.3) is 0 Å². The maximum absolute atomic E-state index is 13.9. The Hall–Kier alpha value is -3.21. The van der Waals surface area contributed by atoms with Crippen LogP contribution in [0.2, 0.25) is 0 Å². The third-order valence-corrected chi connectivity index (χ3v) is 5.89. The normalized spacial score (nSPS) is 16.7. The van der Waals surface area contributed by atoms with Crippen molar-refractivity contribution in [2.24, 2.45) is 0 Å². The number of alkyl halides is 2. The summed E-state index contributed by atoms with van der Waals surface area (Å²) < 4.78 is 29.3. The Morgan fingerprint density at radius 1 is 1.30 bits per heavy atom. The number of pyridine rings is 1. The highest BCUT2D eigenvalue weighted by molar-refractivity contribution is 5.95. The molecule has 3 aromatic heterocycles. The number of nitrogens with zero attached hydrogens (tertiary/aromatic N) is 7. The van der Waals surface area contributed by atoms with Gasteiger partial charge in [0, 0.05) is 57.5 Å². The van der Waals surface area contributed by atoms with Crippen molar-refractivity contribution in [3.8, 4) is 5.82 Å². The molecule has 1 aliphatic heterocycles. The van der Waals surface area contributed by atoms with Crippen LogP contribution in [0.3, 0.4) is 0 Å². The molecule has 0 radical (unpaired) electrons. The first-order valence-electron chi connectivity index (χ1n) is 11.1. The summed E-state index contributed by atoms with van der Waals surface area (Å²) in [7, 11) is 0. The number of hydrogen-bond acceptors (Lipinski definition) is 7. The molecule has 0 aliphatic carbocycles. The third kappa shape index (κ3) is 4.63. The molecule has 3 aromatic rings. The smallest absolute Gasteiger partial charge is 0.303 e. The van der Waals surface area contributed by atoms with E-state index in [1.165, 1.54) is 23.9 Å². The molecule has 0 bridgehead atoms. The number of rotatable bonds is 7. The molecule has 0 aromatic carbocycles. The minimum absolute atomic E-state index is 0.220. The van der Waals surface area contributed by atoms with E-state index in [0.29, 0.717) is 23.2 Å². The van der Waals surface area contributed by atoms with Crippen molar-refractivity contribution in [3.63, 3.8) is 0 Å². The number of nitrogens with one attached hydrogen (secondary N) is 1. The first-order valence-corrected chi connectivity index (χ1v) is 11.1. The van der Waals surface area contributed by atoms with Crippen LogP contribution in [0, 0.1) is 0 Å². The fourth-order valence-electron chi connectivity index (χ4n) is 4.30. The SMILES string of the molecule is CCN(CC)C1CCN(c2nn(-c3ccnc(C(C)(F)F)n3)c3cc(NC(C)=O)ncc23)C1. The van der Waals surface area contributed by atoms with Gasteiger partial charge in [-0.05, 0) is 19.5 Å². The number of likely N-dealkylation sites (N-methyl/N-ethyl adjacent to an activating group) is 1. The van der Waals surface area contributed by atoms with Gasteiger partial charge in [-0.15, -0.1) is 5.10 Å². The Bertz CT molecular complexity index is 1150. The van der Waals surface area contributed by atoms with Crippen molar-refractivity contribution in [2.75, 3.05) is 36.4 Å². The van der Waals surface area contributed by atoms with Crippen LogP contribution in [0.15, 0.2) is 24.5 Å². The molecular formula is C22H28F2N8O. The van der Waals surface area contributed by atoms with Crippen molar-refractivity contribution in [1.82, 2.24) is 29.6 Å². The second kappa shape index (κ2) is 8.97. The van der Waals surface area contributed by atoms with E-state index in [0.717, 1.165) is 44.9 Å². The van der Waals surface area contributed by atoms with Crippen molar-refractivity contribution in [1.29, 1.82) is 0 Å². The second-order valence-electron chi connectivity index (χ2n) is 8.24. The van der Waals surface area contributed by atoms with Crippen LogP contribution in [0.25, 0.3) is 16.7 Å². The molecule has 1 aliphatic rings. The largest absolute Gasteiger partial charge is 0.353 e. The van der Waals surface area contributed by atoms with Crippen molar-refractivity contribution in [3.05, 3.63) is 30.4 Å². The molecule has 1 atom stereocenters. The van der Waals surface area contributed by atoms with Gasteiger partial charge in [-0.2, -0.15) is 8.78 Å². The lowest BCUT2D eigenvalue weighted by atomic mass is 10.2. The quantitative estimate of drug-likeness (QED) is 0.581. The van der Waals surface area contributed by atoms with Crippen molar-refractivity contribution >= 4 is 28.4 Å². The summed E-state index contributed by atoms with van der Waals surface area (Å²) in [5.41, 5.74) is 0.610. The molecule has 1 N–H and O–H groups in total. The zero-order valence-corrected chi connectivity index (χ0v) is 19.2. The number of carbonyl (C=O) groups excluding carboxylic acids is 1. The van der Waals surface area contributed by atoms with Crippen LogP contribution in [0.5, 0.6) is 0 Å². The van der Waals surface area contributed by atoms with E-state index < -0.39 is 11.7 Å². The maximum Gasteiger partial charge on any atom is 0.303 e. The lowest BCUT2D eigenvalue weighted by Gasteiger charge is -2.26. The molecule has 1 amide bonds. The maximum atomic E-state index is 13.9. The average Bonchev–Trinajstić information content (AvgIpc) is 3.38. The molecule has 176 valence electrons. The Balaban J connectivity index is 1.80. The summed E-state index contributed by atoms with van der Waals surface area (Å²) in [6, 6.07) is 3.63. The van der Waals surface area contributed by atoms with E-state index in [1.54, 1.807) is 12.3 Å². The molecule has 4 heterocycles. The van der Waals surface area contributed by atoms with E-state index in [1.807, 2.05) is 0 Å². The molecule has 9 nitrogen and oxygen atoms in total. The Morgan fingerprint density at radius 3 is 2.73 bits per heavy atom. The second-order valence-corrected chi connectivity index (χ2v) is 8.24. The fraction of sp³-hybridized carbons (Fsp3) is 0.500. The fourth-order valence-corrected chi connectivity index (χ4v) is 4.30. The van der Waals surface area contributed by atoms with Gasteiger partial charge in [0.15, 0.2) is 11.6 Å². The molecule has 33 heavy (non-hydrogen) atoms. The van der Waals surface area contributed by atoms with Gasteiger partial charge in [0.05, 0.1) is 10.9 Å². The number of halogens is 2. The van der Waals surface area contributed by atoms with E-state index in [4.69, 9.17) is 5.10 Å². The van der Waals surface area contributed by atoms with Gasteiger partial charge >= 0.3 is 5.92 Å². The first-order chi connectivity index (χ1) is 15.7. The lowest BCUT2D eigenvalue weighted by molar-refractivity contribution is -0.114. The average molecular weight is 459 g/mol. The first kappa shape index (κ1) is 23.0. The van der Waals surface area contributed by atoms with Crippen LogP contribution in [0.1, 0.15) is 39.9 Å². The summed E-state index contributed by atoms with van der Waals surface area (Å²) >= 11 is 0. The highest BCUT2D eigenvalue weighted by atomic mass is 19.3. The number of hydrogen-bond donors (Lipinski definition) is 1. The van der Waals surface area contributed by atoms with Gasteiger partial charge in [-0.1, -0.05) is 13.8 Å². The third-order valence-electron chi connectivity index (χ3n) is 5.89. The van der Waals surface area contributed by atoms with E-state index in [-0.39, 0.29) is 11.7 Å². The van der Waals surface area contributed by atoms with Gasteiger partial charge in [-0.25, -0.2) is 19.6 Å². The Morgan fingerprint density at radius 2 is 2.06 bits per heavy atom. The predicted molar refractivity (Wildman–Crippen MR) is 122 cm³/mol. The number of fused-ring (bicyclic) bond motifs is 1. The summed E-state index contributed by atoms with van der Waals surface area (Å²) in [5.74, 6) is -2.74. The molecule has 4 rings (SSSR count). The van der Waals surface area contributed by atoms with Crippen LogP contribution < -0.4 is 10.2 Å². The summed E-state index contributed by atoms with van der Waals surface area (Å²) in [5, 5.41) is 8.19. The molecule has 1 unspecified atom stereocenters. The molecule has 0 saturated carbocycles. The summed E-state index contributed by atoms with van der Waals surface area (Å²) in [4.78, 5) is 28.3. The van der Waals surface area contributed by atoms with Crippen LogP contribution >= 0.6 is 0 Å². The van der Waals surface area contributed by atoms with Crippen molar-refractivity contribution < 1.29 is 13.6 Å². The number of anilines is 2.